The summed E-state index contributed by atoms with van der Waals surface area (Å²) in [5.41, 5.74) is 12.7. The summed E-state index contributed by atoms with van der Waals surface area (Å²) in [4.78, 5) is 0. The van der Waals surface area contributed by atoms with Crippen LogP contribution in [0.2, 0.25) is 0 Å². The van der Waals surface area contributed by atoms with E-state index in [-0.39, 0.29) is 0 Å². The van der Waals surface area contributed by atoms with Crippen molar-refractivity contribution in [2.45, 2.75) is 97.9 Å². The molecule has 2 nitrogen and oxygen atoms in total. The molecule has 0 radical (unpaired) electrons. The SMILES string of the molecule is C=C(N[C@@H]1CCCCC1CCN)c1cc(C)cc(C(C)C)c1C[C@H](C)CCC. The lowest BCUT2D eigenvalue weighted by Crippen LogP contribution is -2.38. The minimum absolute atomic E-state index is 0.522. The van der Waals surface area contributed by atoms with E-state index >= 15 is 0 Å². The highest BCUT2D eigenvalue weighted by Crippen LogP contribution is 2.33. The minimum atomic E-state index is 0.522. The molecule has 2 rings (SSSR count). The Kier molecular flexibility index (Phi) is 9.08. The van der Waals surface area contributed by atoms with Gasteiger partial charge in [-0.2, -0.15) is 0 Å². The van der Waals surface area contributed by atoms with Gasteiger partial charge in [-0.15, -0.1) is 0 Å². The molecule has 158 valence electrons. The van der Waals surface area contributed by atoms with Crippen LogP contribution in [0.5, 0.6) is 0 Å². The van der Waals surface area contributed by atoms with Crippen LogP contribution < -0.4 is 11.1 Å². The van der Waals surface area contributed by atoms with Gasteiger partial charge in [0.1, 0.15) is 0 Å². The van der Waals surface area contributed by atoms with Crippen LogP contribution in [0.15, 0.2) is 18.7 Å². The van der Waals surface area contributed by atoms with Crippen molar-refractivity contribution in [3.63, 3.8) is 0 Å². The Balaban J connectivity index is 2.32. The molecule has 0 heterocycles. The van der Waals surface area contributed by atoms with Crippen LogP contribution in [0.1, 0.15) is 101 Å². The Bertz CT molecular complexity index is 630. The van der Waals surface area contributed by atoms with E-state index in [1.54, 1.807) is 0 Å². The van der Waals surface area contributed by atoms with Crippen LogP contribution in [0.25, 0.3) is 5.70 Å². The monoisotopic (exact) mass is 384 g/mol. The summed E-state index contributed by atoms with van der Waals surface area (Å²) in [5, 5.41) is 3.86. The van der Waals surface area contributed by atoms with Gasteiger partial charge in [0.25, 0.3) is 0 Å². The van der Waals surface area contributed by atoms with Crippen molar-refractivity contribution in [3.05, 3.63) is 41.0 Å². The lowest BCUT2D eigenvalue weighted by molar-refractivity contribution is 0.272. The number of hydrogen-bond acceptors (Lipinski definition) is 2. The van der Waals surface area contributed by atoms with Gasteiger partial charge in [0.2, 0.25) is 0 Å². The molecule has 3 atom stereocenters. The molecule has 0 aromatic heterocycles. The predicted molar refractivity (Wildman–Crippen MR) is 125 cm³/mol. The van der Waals surface area contributed by atoms with Crippen molar-refractivity contribution in [1.82, 2.24) is 5.32 Å². The van der Waals surface area contributed by atoms with E-state index in [0.29, 0.717) is 23.8 Å². The van der Waals surface area contributed by atoms with Gasteiger partial charge >= 0.3 is 0 Å². The van der Waals surface area contributed by atoms with Crippen molar-refractivity contribution >= 4 is 5.70 Å². The Morgan fingerprint density at radius 1 is 1.21 bits per heavy atom. The van der Waals surface area contributed by atoms with Crippen molar-refractivity contribution in [2.75, 3.05) is 6.54 Å². The molecule has 2 heteroatoms. The summed E-state index contributed by atoms with van der Waals surface area (Å²) < 4.78 is 0. The number of benzene rings is 1. The molecule has 0 amide bonds. The molecule has 1 aromatic carbocycles. The highest BCUT2D eigenvalue weighted by atomic mass is 14.9. The Morgan fingerprint density at radius 2 is 1.93 bits per heavy atom. The van der Waals surface area contributed by atoms with Crippen LogP contribution >= 0.6 is 0 Å². The zero-order valence-corrected chi connectivity index (χ0v) is 19.1. The second-order valence-corrected chi connectivity index (χ2v) is 9.48. The first kappa shape index (κ1) is 23.0. The Morgan fingerprint density at radius 3 is 2.57 bits per heavy atom. The molecule has 0 spiro atoms. The predicted octanol–water partition coefficient (Wildman–Crippen LogP) is 6.57. The van der Waals surface area contributed by atoms with Gasteiger partial charge in [0.05, 0.1) is 0 Å². The van der Waals surface area contributed by atoms with E-state index in [1.807, 2.05) is 0 Å². The quantitative estimate of drug-likeness (QED) is 0.479. The normalized spacial score (nSPS) is 21.0. The first-order valence-corrected chi connectivity index (χ1v) is 11.7. The second-order valence-electron chi connectivity index (χ2n) is 9.48. The molecule has 0 bridgehead atoms. The largest absolute Gasteiger partial charge is 0.382 e. The van der Waals surface area contributed by atoms with E-state index in [1.165, 1.54) is 60.8 Å². The maximum atomic E-state index is 5.89. The van der Waals surface area contributed by atoms with Gasteiger partial charge in [-0.25, -0.2) is 0 Å². The molecule has 1 aromatic rings. The zero-order valence-electron chi connectivity index (χ0n) is 19.1. The molecule has 1 fully saturated rings. The molecular formula is C26H44N2. The highest BCUT2D eigenvalue weighted by molar-refractivity contribution is 5.67. The first-order valence-electron chi connectivity index (χ1n) is 11.7. The minimum Gasteiger partial charge on any atom is -0.382 e. The van der Waals surface area contributed by atoms with Crippen LogP contribution in [-0.4, -0.2) is 12.6 Å². The third-order valence-corrected chi connectivity index (χ3v) is 6.52. The average Bonchev–Trinajstić information content (AvgIpc) is 2.64. The number of nitrogens with one attached hydrogen (secondary N) is 1. The topological polar surface area (TPSA) is 38.0 Å². The third kappa shape index (κ3) is 6.11. The summed E-state index contributed by atoms with van der Waals surface area (Å²) in [6, 6.07) is 5.28. The first-order chi connectivity index (χ1) is 13.4. The van der Waals surface area contributed by atoms with E-state index in [4.69, 9.17) is 5.73 Å². The fourth-order valence-corrected chi connectivity index (χ4v) is 5.06. The molecule has 1 aliphatic carbocycles. The van der Waals surface area contributed by atoms with Crippen molar-refractivity contribution < 1.29 is 0 Å². The van der Waals surface area contributed by atoms with Crippen LogP contribution in [0.3, 0.4) is 0 Å². The summed E-state index contributed by atoms with van der Waals surface area (Å²) in [6.07, 6.45) is 10.0. The molecule has 1 saturated carbocycles. The summed E-state index contributed by atoms with van der Waals surface area (Å²) in [7, 11) is 0. The smallest absolute Gasteiger partial charge is 0.0345 e. The zero-order chi connectivity index (χ0) is 20.7. The molecule has 0 aliphatic heterocycles. The van der Waals surface area contributed by atoms with Crippen molar-refractivity contribution in [1.29, 1.82) is 0 Å². The van der Waals surface area contributed by atoms with E-state index in [9.17, 15) is 0 Å². The van der Waals surface area contributed by atoms with Gasteiger partial charge in [-0.1, -0.05) is 71.6 Å². The summed E-state index contributed by atoms with van der Waals surface area (Å²) in [6.45, 7) is 16.9. The maximum Gasteiger partial charge on any atom is 0.0345 e. The molecular weight excluding hydrogens is 340 g/mol. The summed E-state index contributed by atoms with van der Waals surface area (Å²) in [5.74, 6) is 1.93. The highest BCUT2D eigenvalue weighted by Gasteiger charge is 2.26. The maximum absolute atomic E-state index is 5.89. The van der Waals surface area contributed by atoms with Crippen LogP contribution in [0, 0.1) is 18.8 Å². The molecule has 1 aliphatic rings. The standard InChI is InChI=1S/C26H44N2/c1-7-10-19(4)15-25-23(18(2)3)16-20(5)17-24(25)21(6)28-26-12-9-8-11-22(26)13-14-27/h16-19,22,26,28H,6-15,27H2,1-5H3/t19-,22?,26-/m1/s1. The molecule has 0 saturated heterocycles. The Hall–Kier alpha value is -1.28. The lowest BCUT2D eigenvalue weighted by atomic mass is 9.81. The fraction of sp³-hybridized carbons (Fsp3) is 0.692. The van der Waals surface area contributed by atoms with Crippen LogP contribution in [0.4, 0.5) is 0 Å². The van der Waals surface area contributed by atoms with E-state index in [2.05, 4.69) is 58.6 Å². The fourth-order valence-electron chi connectivity index (χ4n) is 5.06. The van der Waals surface area contributed by atoms with Gasteiger partial charge in [-0.3, -0.25) is 0 Å². The molecule has 28 heavy (non-hydrogen) atoms. The molecule has 1 unspecified atom stereocenters. The van der Waals surface area contributed by atoms with Gasteiger partial charge in [0, 0.05) is 17.3 Å². The molecule has 3 N–H and O–H groups in total. The second kappa shape index (κ2) is 11.0. The van der Waals surface area contributed by atoms with Crippen molar-refractivity contribution in [3.8, 4) is 0 Å². The lowest BCUT2D eigenvalue weighted by Gasteiger charge is -2.34. The van der Waals surface area contributed by atoms with Gasteiger partial charge < -0.3 is 11.1 Å². The number of aryl methyl sites for hydroxylation is 1. The number of nitrogens with two attached hydrogens (primary N) is 1. The van der Waals surface area contributed by atoms with Crippen molar-refractivity contribution in [2.24, 2.45) is 17.6 Å². The number of rotatable bonds is 10. The van der Waals surface area contributed by atoms with E-state index in [0.717, 1.165) is 25.1 Å². The van der Waals surface area contributed by atoms with Gasteiger partial charge in [0.15, 0.2) is 0 Å². The summed E-state index contributed by atoms with van der Waals surface area (Å²) >= 11 is 0. The van der Waals surface area contributed by atoms with Crippen LogP contribution in [-0.2, 0) is 6.42 Å². The number of hydrogen-bond donors (Lipinski definition) is 2. The average molecular weight is 385 g/mol. The van der Waals surface area contributed by atoms with E-state index < -0.39 is 0 Å². The Labute approximate surface area is 174 Å². The third-order valence-electron chi connectivity index (χ3n) is 6.52. The van der Waals surface area contributed by atoms with Gasteiger partial charge in [-0.05, 0) is 74.1 Å².